The van der Waals surface area contributed by atoms with Crippen molar-refractivity contribution < 1.29 is 0 Å². The maximum absolute atomic E-state index is 6.13. The fourth-order valence-corrected chi connectivity index (χ4v) is 2.79. The lowest BCUT2D eigenvalue weighted by atomic mass is 10.1. The van der Waals surface area contributed by atoms with Crippen LogP contribution in [0.2, 0.25) is 5.15 Å². The number of halogens is 1. The first-order valence-corrected chi connectivity index (χ1v) is 6.95. The number of nitrogens with zero attached hydrogens (tertiary/aromatic N) is 3. The Balaban J connectivity index is 2.12. The van der Waals surface area contributed by atoms with Crippen LogP contribution in [0, 0.1) is 0 Å². The van der Waals surface area contributed by atoms with E-state index in [9.17, 15) is 0 Å². The summed E-state index contributed by atoms with van der Waals surface area (Å²) in [5.41, 5.74) is 0. The van der Waals surface area contributed by atoms with E-state index in [0.717, 1.165) is 29.7 Å². The van der Waals surface area contributed by atoms with Crippen molar-refractivity contribution in [2.45, 2.75) is 25.9 Å². The molecule has 4 nitrogen and oxygen atoms in total. The summed E-state index contributed by atoms with van der Waals surface area (Å²) in [6.07, 6.45) is 0. The van der Waals surface area contributed by atoms with E-state index >= 15 is 0 Å². The van der Waals surface area contributed by atoms with Crippen molar-refractivity contribution in [3.63, 3.8) is 0 Å². The molecule has 19 heavy (non-hydrogen) atoms. The van der Waals surface area contributed by atoms with Crippen molar-refractivity contribution in [1.29, 1.82) is 0 Å². The van der Waals surface area contributed by atoms with Crippen LogP contribution >= 0.6 is 11.6 Å². The van der Waals surface area contributed by atoms with E-state index < -0.39 is 0 Å². The predicted octanol–water partition coefficient (Wildman–Crippen LogP) is 2.47. The second-order valence-electron chi connectivity index (χ2n) is 5.17. The zero-order valence-electron chi connectivity index (χ0n) is 11.1. The first kappa shape index (κ1) is 12.6. The summed E-state index contributed by atoms with van der Waals surface area (Å²) in [4.78, 5) is 2.31. The third kappa shape index (κ3) is 2.26. The average Bonchev–Trinajstić information content (AvgIpc) is 2.43. The van der Waals surface area contributed by atoms with Gasteiger partial charge in [0.25, 0.3) is 0 Å². The molecular weight excluding hydrogens is 260 g/mol. The highest BCUT2D eigenvalue weighted by atomic mass is 35.5. The van der Waals surface area contributed by atoms with Crippen molar-refractivity contribution in [1.82, 2.24) is 15.5 Å². The van der Waals surface area contributed by atoms with Gasteiger partial charge in [-0.25, -0.2) is 0 Å². The van der Waals surface area contributed by atoms with Gasteiger partial charge in [0.2, 0.25) is 0 Å². The van der Waals surface area contributed by atoms with Crippen LogP contribution in [0.25, 0.3) is 10.8 Å². The largest absolute Gasteiger partial charge is 0.349 e. The Labute approximate surface area is 117 Å². The summed E-state index contributed by atoms with van der Waals surface area (Å²) >= 11 is 6.13. The fourth-order valence-electron chi connectivity index (χ4n) is 2.59. The standard InChI is InChI=1S/C14H17ClN4/c1-9-8-19(10(2)7-16-9)14-12-6-4-3-5-11(12)13(15)17-18-14/h3-6,9-10,16H,7-8H2,1-2H3/t9-,10-/m1/s1. The van der Waals surface area contributed by atoms with Gasteiger partial charge in [-0.1, -0.05) is 35.9 Å². The molecule has 1 N–H and O–H groups in total. The number of hydrogen-bond acceptors (Lipinski definition) is 4. The number of fused-ring (bicyclic) bond motifs is 1. The Hall–Kier alpha value is -1.39. The first-order valence-electron chi connectivity index (χ1n) is 6.58. The minimum atomic E-state index is 0.398. The van der Waals surface area contributed by atoms with Crippen LogP contribution in [-0.2, 0) is 0 Å². The lowest BCUT2D eigenvalue weighted by Crippen LogP contribution is -2.54. The molecule has 1 aromatic heterocycles. The Morgan fingerprint density at radius 1 is 1.21 bits per heavy atom. The smallest absolute Gasteiger partial charge is 0.159 e. The molecule has 2 heterocycles. The molecule has 1 aliphatic heterocycles. The summed E-state index contributed by atoms with van der Waals surface area (Å²) in [6, 6.07) is 8.89. The van der Waals surface area contributed by atoms with Crippen molar-refractivity contribution >= 4 is 28.2 Å². The fraction of sp³-hybridized carbons (Fsp3) is 0.429. The third-order valence-corrected chi connectivity index (χ3v) is 3.94. The van der Waals surface area contributed by atoms with E-state index in [2.05, 4.69) is 40.3 Å². The number of hydrogen-bond donors (Lipinski definition) is 1. The number of piperazine rings is 1. The van der Waals surface area contributed by atoms with Crippen LogP contribution in [0.4, 0.5) is 5.82 Å². The molecule has 1 aliphatic rings. The summed E-state index contributed by atoms with van der Waals surface area (Å²) in [6.45, 7) is 6.27. The summed E-state index contributed by atoms with van der Waals surface area (Å²) < 4.78 is 0. The van der Waals surface area contributed by atoms with Crippen LogP contribution in [0.1, 0.15) is 13.8 Å². The van der Waals surface area contributed by atoms with Gasteiger partial charge in [0.05, 0.1) is 0 Å². The van der Waals surface area contributed by atoms with Gasteiger partial charge in [-0.2, -0.15) is 0 Å². The SMILES string of the molecule is C[C@@H]1CN(c2nnc(Cl)c3ccccc23)[C@H](C)CN1. The predicted molar refractivity (Wildman–Crippen MR) is 78.8 cm³/mol. The highest BCUT2D eigenvalue weighted by Crippen LogP contribution is 2.29. The van der Waals surface area contributed by atoms with Crippen LogP contribution in [0.15, 0.2) is 24.3 Å². The maximum atomic E-state index is 6.13. The second kappa shape index (κ2) is 4.94. The van der Waals surface area contributed by atoms with Gasteiger partial charge >= 0.3 is 0 Å². The van der Waals surface area contributed by atoms with Gasteiger partial charge in [-0.15, -0.1) is 10.2 Å². The summed E-state index contributed by atoms with van der Waals surface area (Å²) in [5, 5.41) is 14.4. The van der Waals surface area contributed by atoms with Crippen molar-refractivity contribution in [2.75, 3.05) is 18.0 Å². The van der Waals surface area contributed by atoms with E-state index in [1.165, 1.54) is 0 Å². The Bertz CT molecular complexity index is 601. The highest BCUT2D eigenvalue weighted by Gasteiger charge is 2.25. The molecule has 0 amide bonds. The molecule has 0 bridgehead atoms. The second-order valence-corrected chi connectivity index (χ2v) is 5.53. The van der Waals surface area contributed by atoms with Crippen molar-refractivity contribution in [3.05, 3.63) is 29.4 Å². The van der Waals surface area contributed by atoms with E-state index in [4.69, 9.17) is 11.6 Å². The lowest BCUT2D eigenvalue weighted by Gasteiger charge is -2.38. The lowest BCUT2D eigenvalue weighted by molar-refractivity contribution is 0.422. The van der Waals surface area contributed by atoms with Gasteiger partial charge < -0.3 is 10.2 Å². The molecule has 0 spiro atoms. The average molecular weight is 277 g/mol. The molecule has 1 saturated heterocycles. The number of anilines is 1. The normalized spacial score (nSPS) is 23.8. The van der Waals surface area contributed by atoms with Crippen LogP contribution in [-0.4, -0.2) is 35.4 Å². The molecule has 1 aromatic carbocycles. The molecule has 0 saturated carbocycles. The minimum absolute atomic E-state index is 0.398. The Kier molecular flexibility index (Phi) is 3.29. The monoisotopic (exact) mass is 276 g/mol. The van der Waals surface area contributed by atoms with Gasteiger partial charge in [0.1, 0.15) is 0 Å². The topological polar surface area (TPSA) is 41.1 Å². The summed E-state index contributed by atoms with van der Waals surface area (Å²) in [5.74, 6) is 0.931. The van der Waals surface area contributed by atoms with E-state index in [0.29, 0.717) is 17.2 Å². The van der Waals surface area contributed by atoms with E-state index in [-0.39, 0.29) is 0 Å². The molecule has 0 radical (unpaired) electrons. The molecule has 0 unspecified atom stereocenters. The van der Waals surface area contributed by atoms with Gasteiger partial charge in [-0.05, 0) is 13.8 Å². The molecule has 2 atom stereocenters. The molecular formula is C14H17ClN4. The van der Waals surface area contributed by atoms with E-state index in [1.54, 1.807) is 0 Å². The number of rotatable bonds is 1. The number of nitrogens with one attached hydrogen (secondary N) is 1. The van der Waals surface area contributed by atoms with Gasteiger partial charge in [0, 0.05) is 35.9 Å². The molecule has 5 heteroatoms. The third-order valence-electron chi connectivity index (χ3n) is 3.66. The molecule has 3 rings (SSSR count). The zero-order valence-corrected chi connectivity index (χ0v) is 11.9. The molecule has 2 aromatic rings. The zero-order chi connectivity index (χ0) is 13.4. The maximum Gasteiger partial charge on any atom is 0.159 e. The van der Waals surface area contributed by atoms with Crippen LogP contribution in [0.3, 0.4) is 0 Å². The van der Waals surface area contributed by atoms with E-state index in [1.807, 2.05) is 18.2 Å². The Morgan fingerprint density at radius 3 is 2.74 bits per heavy atom. The Morgan fingerprint density at radius 2 is 1.95 bits per heavy atom. The number of benzene rings is 1. The van der Waals surface area contributed by atoms with Crippen molar-refractivity contribution in [2.24, 2.45) is 0 Å². The minimum Gasteiger partial charge on any atom is -0.349 e. The highest BCUT2D eigenvalue weighted by molar-refractivity contribution is 6.34. The molecule has 0 aliphatic carbocycles. The van der Waals surface area contributed by atoms with Crippen LogP contribution in [0.5, 0.6) is 0 Å². The van der Waals surface area contributed by atoms with Crippen molar-refractivity contribution in [3.8, 4) is 0 Å². The number of aromatic nitrogens is 2. The van der Waals surface area contributed by atoms with Crippen LogP contribution < -0.4 is 10.2 Å². The molecule has 1 fully saturated rings. The quantitative estimate of drug-likeness (QED) is 0.869. The first-order chi connectivity index (χ1) is 9.16. The summed E-state index contributed by atoms with van der Waals surface area (Å²) in [7, 11) is 0. The van der Waals surface area contributed by atoms with Gasteiger partial charge in [-0.3, -0.25) is 0 Å². The molecule has 100 valence electrons. The van der Waals surface area contributed by atoms with Gasteiger partial charge in [0.15, 0.2) is 11.0 Å².